The Bertz CT molecular complexity index is 227. The number of rotatable bonds is 6. The molecule has 0 aromatic heterocycles. The Balaban J connectivity index is 2.28. The minimum absolute atomic E-state index is 0.341. The zero-order chi connectivity index (χ0) is 12.8. The number of aliphatic hydroxyl groups is 1. The predicted molar refractivity (Wildman–Crippen MR) is 70.8 cm³/mol. The van der Waals surface area contributed by atoms with E-state index >= 15 is 0 Å². The number of hydrogen-bond donors (Lipinski definition) is 1. The highest BCUT2D eigenvalue weighted by Gasteiger charge is 2.26. The van der Waals surface area contributed by atoms with Gasteiger partial charge in [0.1, 0.15) is 5.78 Å². The van der Waals surface area contributed by atoms with Gasteiger partial charge >= 0.3 is 0 Å². The van der Waals surface area contributed by atoms with Crippen LogP contribution in [0, 0.1) is 23.7 Å². The lowest BCUT2D eigenvalue weighted by Gasteiger charge is -2.31. The summed E-state index contributed by atoms with van der Waals surface area (Å²) in [7, 11) is 0. The molecule has 0 spiro atoms. The van der Waals surface area contributed by atoms with Crippen molar-refractivity contribution in [3.05, 3.63) is 0 Å². The van der Waals surface area contributed by atoms with Crippen LogP contribution in [0.4, 0.5) is 0 Å². The lowest BCUT2D eigenvalue weighted by Crippen LogP contribution is -2.23. The fourth-order valence-electron chi connectivity index (χ4n) is 3.00. The van der Waals surface area contributed by atoms with Crippen LogP contribution in [-0.2, 0) is 4.79 Å². The molecule has 0 unspecified atom stereocenters. The summed E-state index contributed by atoms with van der Waals surface area (Å²) in [4.78, 5) is 11.8. The molecule has 1 saturated carbocycles. The summed E-state index contributed by atoms with van der Waals surface area (Å²) in [5.74, 6) is 2.66. The Hall–Kier alpha value is -0.370. The van der Waals surface area contributed by atoms with Crippen LogP contribution in [0.2, 0.25) is 0 Å². The van der Waals surface area contributed by atoms with Gasteiger partial charge in [0.05, 0.1) is 0 Å². The molecule has 1 fully saturated rings. The van der Waals surface area contributed by atoms with Gasteiger partial charge in [-0.05, 0) is 49.4 Å². The van der Waals surface area contributed by atoms with Crippen molar-refractivity contribution >= 4 is 5.78 Å². The number of Topliss-reactive ketones (excluding diaryl/α,β-unsaturated/α-hetero) is 1. The lowest BCUT2D eigenvalue weighted by molar-refractivity contribution is -0.121. The van der Waals surface area contributed by atoms with E-state index in [1.54, 1.807) is 0 Å². The third kappa shape index (κ3) is 5.20. The van der Waals surface area contributed by atoms with Gasteiger partial charge < -0.3 is 5.11 Å². The third-order valence-corrected chi connectivity index (χ3v) is 4.14. The monoisotopic (exact) mass is 240 g/mol. The second-order valence-electron chi connectivity index (χ2n) is 6.28. The van der Waals surface area contributed by atoms with Gasteiger partial charge in [-0.1, -0.05) is 20.8 Å². The van der Waals surface area contributed by atoms with Gasteiger partial charge in [0.15, 0.2) is 0 Å². The standard InChI is InChI=1S/C15H28O2/c1-11(2)8-15(17)9-12(3)14-6-4-13(10-16)5-7-14/h11-14,16H,4-10H2,1-3H3/t12-,13?,14?/m1/s1. The molecule has 0 aromatic carbocycles. The first kappa shape index (κ1) is 14.7. The topological polar surface area (TPSA) is 37.3 Å². The van der Waals surface area contributed by atoms with Crippen LogP contribution in [0.5, 0.6) is 0 Å². The van der Waals surface area contributed by atoms with Crippen LogP contribution in [0.15, 0.2) is 0 Å². The van der Waals surface area contributed by atoms with Crippen LogP contribution < -0.4 is 0 Å². The Morgan fingerprint density at radius 3 is 2.18 bits per heavy atom. The first-order chi connectivity index (χ1) is 8.02. The van der Waals surface area contributed by atoms with Gasteiger partial charge in [0, 0.05) is 19.4 Å². The van der Waals surface area contributed by atoms with E-state index in [0.29, 0.717) is 36.1 Å². The zero-order valence-electron chi connectivity index (χ0n) is 11.6. The van der Waals surface area contributed by atoms with Crippen molar-refractivity contribution in [2.75, 3.05) is 6.61 Å². The molecule has 1 N–H and O–H groups in total. The molecule has 0 heterocycles. The summed E-state index contributed by atoms with van der Waals surface area (Å²) in [6.07, 6.45) is 6.17. The van der Waals surface area contributed by atoms with Gasteiger partial charge in [-0.2, -0.15) is 0 Å². The van der Waals surface area contributed by atoms with E-state index in [9.17, 15) is 4.79 Å². The maximum absolute atomic E-state index is 11.8. The van der Waals surface area contributed by atoms with Gasteiger partial charge in [-0.3, -0.25) is 4.79 Å². The molecule has 1 atom stereocenters. The summed E-state index contributed by atoms with van der Waals surface area (Å²) >= 11 is 0. The first-order valence-corrected chi connectivity index (χ1v) is 7.15. The van der Waals surface area contributed by atoms with Gasteiger partial charge in [0.25, 0.3) is 0 Å². The summed E-state index contributed by atoms with van der Waals surface area (Å²) in [6, 6.07) is 0. The summed E-state index contributed by atoms with van der Waals surface area (Å²) in [5.41, 5.74) is 0. The van der Waals surface area contributed by atoms with E-state index < -0.39 is 0 Å². The number of carbonyl (C=O) groups is 1. The number of carbonyl (C=O) groups excluding carboxylic acids is 1. The molecule has 0 aromatic rings. The van der Waals surface area contributed by atoms with Crippen LogP contribution in [-0.4, -0.2) is 17.5 Å². The van der Waals surface area contributed by atoms with Crippen molar-refractivity contribution in [2.24, 2.45) is 23.7 Å². The Morgan fingerprint density at radius 1 is 1.12 bits per heavy atom. The molecule has 0 bridgehead atoms. The van der Waals surface area contributed by atoms with E-state index in [4.69, 9.17) is 5.11 Å². The summed E-state index contributed by atoms with van der Waals surface area (Å²) in [5, 5.41) is 9.11. The molecule has 2 heteroatoms. The molecule has 1 aliphatic carbocycles. The fraction of sp³-hybridized carbons (Fsp3) is 0.933. The molecular formula is C15H28O2. The molecule has 0 amide bonds. The number of aliphatic hydroxyl groups excluding tert-OH is 1. The highest BCUT2D eigenvalue weighted by atomic mass is 16.3. The van der Waals surface area contributed by atoms with Crippen molar-refractivity contribution in [3.63, 3.8) is 0 Å². The molecule has 0 saturated heterocycles. The van der Waals surface area contributed by atoms with E-state index in [1.165, 1.54) is 12.8 Å². The molecule has 0 aliphatic heterocycles. The van der Waals surface area contributed by atoms with Crippen LogP contribution in [0.1, 0.15) is 59.3 Å². The molecule has 1 aliphatic rings. The Labute approximate surface area is 106 Å². The zero-order valence-corrected chi connectivity index (χ0v) is 11.6. The number of hydrogen-bond acceptors (Lipinski definition) is 2. The van der Waals surface area contributed by atoms with Crippen molar-refractivity contribution in [3.8, 4) is 0 Å². The molecule has 1 rings (SSSR count). The normalized spacial score (nSPS) is 27.1. The molecule has 17 heavy (non-hydrogen) atoms. The SMILES string of the molecule is CC(C)CC(=O)C[C@@H](C)C1CCC(CO)CC1. The largest absolute Gasteiger partial charge is 0.396 e. The smallest absolute Gasteiger partial charge is 0.133 e. The maximum atomic E-state index is 11.8. The van der Waals surface area contributed by atoms with E-state index in [0.717, 1.165) is 25.7 Å². The van der Waals surface area contributed by atoms with E-state index in [-0.39, 0.29) is 0 Å². The van der Waals surface area contributed by atoms with Crippen LogP contribution >= 0.6 is 0 Å². The maximum Gasteiger partial charge on any atom is 0.133 e. The van der Waals surface area contributed by atoms with Gasteiger partial charge in [-0.15, -0.1) is 0 Å². The van der Waals surface area contributed by atoms with Crippen molar-refractivity contribution in [2.45, 2.75) is 59.3 Å². The first-order valence-electron chi connectivity index (χ1n) is 7.15. The summed E-state index contributed by atoms with van der Waals surface area (Å²) in [6.45, 7) is 6.78. The minimum Gasteiger partial charge on any atom is -0.396 e. The highest BCUT2D eigenvalue weighted by Crippen LogP contribution is 2.34. The molecule has 100 valence electrons. The highest BCUT2D eigenvalue weighted by molar-refractivity contribution is 5.78. The minimum atomic E-state index is 0.341. The van der Waals surface area contributed by atoms with E-state index in [1.807, 2.05) is 0 Å². The molecular weight excluding hydrogens is 212 g/mol. The average molecular weight is 240 g/mol. The Kier molecular flexibility index (Phi) is 6.18. The van der Waals surface area contributed by atoms with Gasteiger partial charge in [-0.25, -0.2) is 0 Å². The van der Waals surface area contributed by atoms with E-state index in [2.05, 4.69) is 20.8 Å². The molecule has 0 radical (unpaired) electrons. The fourth-order valence-corrected chi connectivity index (χ4v) is 3.00. The lowest BCUT2D eigenvalue weighted by atomic mass is 9.75. The number of ketones is 1. The quantitative estimate of drug-likeness (QED) is 0.772. The Morgan fingerprint density at radius 2 is 1.71 bits per heavy atom. The van der Waals surface area contributed by atoms with Crippen LogP contribution in [0.25, 0.3) is 0 Å². The van der Waals surface area contributed by atoms with Crippen molar-refractivity contribution in [1.29, 1.82) is 0 Å². The average Bonchev–Trinajstić information content (AvgIpc) is 2.28. The second kappa shape index (κ2) is 7.15. The van der Waals surface area contributed by atoms with Gasteiger partial charge in [0.2, 0.25) is 0 Å². The second-order valence-corrected chi connectivity index (χ2v) is 6.28. The third-order valence-electron chi connectivity index (χ3n) is 4.14. The predicted octanol–water partition coefficient (Wildman–Crippen LogP) is 3.43. The summed E-state index contributed by atoms with van der Waals surface area (Å²) < 4.78 is 0. The van der Waals surface area contributed by atoms with Crippen LogP contribution in [0.3, 0.4) is 0 Å². The molecule has 2 nitrogen and oxygen atoms in total. The van der Waals surface area contributed by atoms with Crippen molar-refractivity contribution < 1.29 is 9.90 Å². The van der Waals surface area contributed by atoms with Crippen molar-refractivity contribution in [1.82, 2.24) is 0 Å².